The Morgan fingerprint density at radius 2 is 1.93 bits per heavy atom. The molecule has 0 radical (unpaired) electrons. The molecule has 15 heavy (non-hydrogen) atoms. The van der Waals surface area contributed by atoms with Crippen molar-refractivity contribution in [3.05, 3.63) is 40.4 Å². The molecular weight excluding hydrogens is 228 g/mol. The first kappa shape index (κ1) is 12.5. The van der Waals surface area contributed by atoms with Crippen molar-refractivity contribution < 1.29 is 4.74 Å². The number of hydrogen-bond acceptors (Lipinski definition) is 2. The molecule has 0 fully saturated rings. The molecule has 0 aromatic heterocycles. The Morgan fingerprint density at radius 1 is 1.40 bits per heavy atom. The lowest BCUT2D eigenvalue weighted by molar-refractivity contribution is 0.353. The standard InChI is InChI=1S/C12H15ClOS/c1-8(7-15)6-14-11-4-9(2)12(13)10(3)5-11/h4-5,15H,1,6-7H2,2-3H3. The normalized spacial score (nSPS) is 10.1. The molecule has 0 spiro atoms. The lowest BCUT2D eigenvalue weighted by atomic mass is 10.1. The SMILES string of the molecule is C=C(CS)COc1cc(C)c(Cl)c(C)c1. The van der Waals surface area contributed by atoms with Gasteiger partial charge in [0.05, 0.1) is 0 Å². The number of ether oxygens (including phenoxy) is 1. The Hall–Kier alpha value is -0.600. The van der Waals surface area contributed by atoms with Gasteiger partial charge in [-0.3, -0.25) is 0 Å². The maximum Gasteiger partial charge on any atom is 0.120 e. The van der Waals surface area contributed by atoms with Gasteiger partial charge in [0.25, 0.3) is 0 Å². The molecule has 0 N–H and O–H groups in total. The molecule has 0 atom stereocenters. The third-order valence-corrected chi connectivity index (χ3v) is 3.12. The van der Waals surface area contributed by atoms with Crippen molar-refractivity contribution in [1.82, 2.24) is 0 Å². The van der Waals surface area contributed by atoms with Gasteiger partial charge in [0, 0.05) is 10.8 Å². The van der Waals surface area contributed by atoms with E-state index in [1.165, 1.54) is 0 Å². The second-order valence-corrected chi connectivity index (χ2v) is 4.26. The zero-order valence-corrected chi connectivity index (χ0v) is 10.7. The summed E-state index contributed by atoms with van der Waals surface area (Å²) < 4.78 is 5.57. The molecule has 0 saturated carbocycles. The molecule has 0 unspecified atom stereocenters. The smallest absolute Gasteiger partial charge is 0.120 e. The number of halogens is 1. The van der Waals surface area contributed by atoms with E-state index in [0.29, 0.717) is 12.4 Å². The zero-order chi connectivity index (χ0) is 11.4. The van der Waals surface area contributed by atoms with E-state index in [-0.39, 0.29) is 0 Å². The second-order valence-electron chi connectivity index (χ2n) is 3.57. The van der Waals surface area contributed by atoms with Crippen LogP contribution in [0.2, 0.25) is 5.02 Å². The van der Waals surface area contributed by atoms with Gasteiger partial charge in [0.2, 0.25) is 0 Å². The molecule has 1 aromatic rings. The highest BCUT2D eigenvalue weighted by atomic mass is 35.5. The van der Waals surface area contributed by atoms with Gasteiger partial charge in [-0.05, 0) is 42.7 Å². The minimum atomic E-state index is 0.504. The van der Waals surface area contributed by atoms with Gasteiger partial charge in [-0.25, -0.2) is 0 Å². The van der Waals surface area contributed by atoms with E-state index in [0.717, 1.165) is 27.5 Å². The quantitative estimate of drug-likeness (QED) is 0.624. The fourth-order valence-corrected chi connectivity index (χ4v) is 1.42. The van der Waals surface area contributed by atoms with E-state index >= 15 is 0 Å². The van der Waals surface area contributed by atoms with E-state index < -0.39 is 0 Å². The van der Waals surface area contributed by atoms with E-state index in [9.17, 15) is 0 Å². The highest BCUT2D eigenvalue weighted by molar-refractivity contribution is 7.80. The van der Waals surface area contributed by atoms with Crippen molar-refractivity contribution in [3.8, 4) is 5.75 Å². The Balaban J connectivity index is 2.75. The number of hydrogen-bond donors (Lipinski definition) is 1. The summed E-state index contributed by atoms with van der Waals surface area (Å²) >= 11 is 10.2. The molecule has 1 aromatic carbocycles. The van der Waals surface area contributed by atoms with Crippen LogP contribution in [0.15, 0.2) is 24.3 Å². The average molecular weight is 243 g/mol. The Morgan fingerprint density at radius 3 is 2.40 bits per heavy atom. The Kier molecular flexibility index (Phi) is 4.55. The van der Waals surface area contributed by atoms with Gasteiger partial charge in [0.1, 0.15) is 12.4 Å². The van der Waals surface area contributed by atoms with Crippen molar-refractivity contribution in [2.75, 3.05) is 12.4 Å². The maximum absolute atomic E-state index is 6.05. The largest absolute Gasteiger partial charge is 0.489 e. The third-order valence-electron chi connectivity index (χ3n) is 2.08. The van der Waals surface area contributed by atoms with Crippen molar-refractivity contribution in [2.24, 2.45) is 0 Å². The van der Waals surface area contributed by atoms with Gasteiger partial charge in [0.15, 0.2) is 0 Å². The first-order valence-electron chi connectivity index (χ1n) is 4.71. The molecular formula is C12H15ClOS. The highest BCUT2D eigenvalue weighted by Crippen LogP contribution is 2.25. The van der Waals surface area contributed by atoms with Gasteiger partial charge in [-0.2, -0.15) is 12.6 Å². The minimum absolute atomic E-state index is 0.504. The minimum Gasteiger partial charge on any atom is -0.489 e. The third kappa shape index (κ3) is 3.47. The van der Waals surface area contributed by atoms with Crippen LogP contribution in [0.3, 0.4) is 0 Å². The molecule has 82 valence electrons. The van der Waals surface area contributed by atoms with Crippen LogP contribution in [0.5, 0.6) is 5.75 Å². The monoisotopic (exact) mass is 242 g/mol. The molecule has 0 aliphatic carbocycles. The van der Waals surface area contributed by atoms with Crippen LogP contribution in [0.25, 0.3) is 0 Å². The zero-order valence-electron chi connectivity index (χ0n) is 9.01. The van der Waals surface area contributed by atoms with E-state index in [2.05, 4.69) is 19.2 Å². The van der Waals surface area contributed by atoms with Crippen molar-refractivity contribution in [1.29, 1.82) is 0 Å². The number of rotatable bonds is 4. The summed E-state index contributed by atoms with van der Waals surface area (Å²) in [6.07, 6.45) is 0. The Labute approximate surface area is 102 Å². The van der Waals surface area contributed by atoms with Crippen LogP contribution in [-0.4, -0.2) is 12.4 Å². The molecule has 1 rings (SSSR count). The van der Waals surface area contributed by atoms with Crippen molar-refractivity contribution >= 4 is 24.2 Å². The van der Waals surface area contributed by atoms with Crippen LogP contribution in [0.4, 0.5) is 0 Å². The lowest BCUT2D eigenvalue weighted by Crippen LogP contribution is -2.01. The number of thiol groups is 1. The summed E-state index contributed by atoms with van der Waals surface area (Å²) in [7, 11) is 0. The van der Waals surface area contributed by atoms with E-state index in [1.807, 2.05) is 26.0 Å². The Bertz CT molecular complexity index is 351. The van der Waals surface area contributed by atoms with Gasteiger partial charge in [-0.15, -0.1) is 0 Å². The molecule has 0 aliphatic heterocycles. The molecule has 3 heteroatoms. The lowest BCUT2D eigenvalue weighted by Gasteiger charge is -2.10. The predicted molar refractivity (Wildman–Crippen MR) is 69.4 cm³/mol. The van der Waals surface area contributed by atoms with Crippen molar-refractivity contribution in [2.45, 2.75) is 13.8 Å². The fourth-order valence-electron chi connectivity index (χ4n) is 1.22. The highest BCUT2D eigenvalue weighted by Gasteiger charge is 2.03. The van der Waals surface area contributed by atoms with Crippen LogP contribution >= 0.6 is 24.2 Å². The first-order valence-corrected chi connectivity index (χ1v) is 5.72. The summed E-state index contributed by atoms with van der Waals surface area (Å²) in [5, 5.41) is 0.801. The number of benzene rings is 1. The molecule has 0 amide bonds. The van der Waals surface area contributed by atoms with Crippen LogP contribution in [0.1, 0.15) is 11.1 Å². The average Bonchev–Trinajstić information content (AvgIpc) is 2.22. The first-order chi connectivity index (χ1) is 7.04. The van der Waals surface area contributed by atoms with Crippen LogP contribution in [-0.2, 0) is 0 Å². The summed E-state index contributed by atoms with van der Waals surface area (Å²) in [6, 6.07) is 3.86. The van der Waals surface area contributed by atoms with Crippen LogP contribution in [0, 0.1) is 13.8 Å². The van der Waals surface area contributed by atoms with Gasteiger partial charge < -0.3 is 4.74 Å². The number of aryl methyl sites for hydroxylation is 2. The van der Waals surface area contributed by atoms with Gasteiger partial charge in [-0.1, -0.05) is 18.2 Å². The summed E-state index contributed by atoms with van der Waals surface area (Å²) in [6.45, 7) is 8.26. The van der Waals surface area contributed by atoms with E-state index in [1.54, 1.807) is 0 Å². The topological polar surface area (TPSA) is 9.23 Å². The molecule has 0 heterocycles. The molecule has 0 bridgehead atoms. The van der Waals surface area contributed by atoms with Crippen LogP contribution < -0.4 is 4.74 Å². The second kappa shape index (κ2) is 5.47. The molecule has 1 nitrogen and oxygen atoms in total. The summed E-state index contributed by atoms with van der Waals surface area (Å²) in [5.74, 6) is 1.48. The summed E-state index contributed by atoms with van der Waals surface area (Å²) in [4.78, 5) is 0. The maximum atomic E-state index is 6.05. The summed E-state index contributed by atoms with van der Waals surface area (Å²) in [5.41, 5.74) is 3.02. The fraction of sp³-hybridized carbons (Fsp3) is 0.333. The van der Waals surface area contributed by atoms with E-state index in [4.69, 9.17) is 16.3 Å². The van der Waals surface area contributed by atoms with Crippen molar-refractivity contribution in [3.63, 3.8) is 0 Å². The van der Waals surface area contributed by atoms with Gasteiger partial charge >= 0.3 is 0 Å². The predicted octanol–water partition coefficient (Wildman–Crippen LogP) is 3.82. The molecule has 0 saturated heterocycles. The molecule has 0 aliphatic rings.